The lowest BCUT2D eigenvalue weighted by Gasteiger charge is -2.08. The summed E-state index contributed by atoms with van der Waals surface area (Å²) in [5.41, 5.74) is 3.34. The lowest BCUT2D eigenvalue weighted by atomic mass is 10.2. The molecule has 6 nitrogen and oxygen atoms in total. The minimum Gasteiger partial charge on any atom is -0.484 e. The maximum atomic E-state index is 12.3. The zero-order valence-electron chi connectivity index (χ0n) is 15.2. The van der Waals surface area contributed by atoms with Crippen LogP contribution in [-0.4, -0.2) is 24.7 Å². The molecule has 1 amide bonds. The number of amides is 1. The second-order valence-corrected chi connectivity index (χ2v) is 6.75. The van der Waals surface area contributed by atoms with Crippen LogP contribution >= 0.6 is 15.9 Å². The molecular weight excluding hydrogens is 436 g/mol. The topological polar surface area (TPSA) is 77.0 Å². The van der Waals surface area contributed by atoms with Gasteiger partial charge in [0.2, 0.25) is 0 Å². The van der Waals surface area contributed by atoms with Crippen LogP contribution in [0.4, 0.5) is 0 Å². The Morgan fingerprint density at radius 3 is 2.38 bits per heavy atom. The van der Waals surface area contributed by atoms with Gasteiger partial charge in [-0.25, -0.2) is 10.2 Å². The van der Waals surface area contributed by atoms with E-state index in [0.717, 1.165) is 4.47 Å². The molecule has 0 fully saturated rings. The number of nitrogens with zero attached hydrogens (tertiary/aromatic N) is 1. The Balaban J connectivity index is 1.61. The zero-order chi connectivity index (χ0) is 20.5. The predicted molar refractivity (Wildman–Crippen MR) is 113 cm³/mol. The largest absolute Gasteiger partial charge is 0.484 e. The van der Waals surface area contributed by atoms with Crippen LogP contribution in [0.5, 0.6) is 11.5 Å². The summed E-state index contributed by atoms with van der Waals surface area (Å²) in [5.74, 6) is 0.0140. The van der Waals surface area contributed by atoms with Crippen molar-refractivity contribution in [2.75, 3.05) is 6.61 Å². The van der Waals surface area contributed by atoms with Gasteiger partial charge >= 0.3 is 5.97 Å². The molecule has 0 aliphatic heterocycles. The summed E-state index contributed by atoms with van der Waals surface area (Å²) in [5, 5.41) is 3.92. The molecule has 7 heteroatoms. The number of para-hydroxylation sites is 1. The van der Waals surface area contributed by atoms with E-state index >= 15 is 0 Å². The van der Waals surface area contributed by atoms with Gasteiger partial charge in [-0.2, -0.15) is 5.10 Å². The van der Waals surface area contributed by atoms with Crippen molar-refractivity contribution >= 4 is 34.0 Å². The average Bonchev–Trinajstić information content (AvgIpc) is 2.75. The fraction of sp³-hybridized carbons (Fsp3) is 0.0455. The zero-order valence-corrected chi connectivity index (χ0v) is 16.8. The number of halogens is 1. The maximum Gasteiger partial charge on any atom is 0.343 e. The third kappa shape index (κ3) is 6.29. The molecule has 3 aromatic carbocycles. The van der Waals surface area contributed by atoms with Gasteiger partial charge in [0.15, 0.2) is 6.61 Å². The van der Waals surface area contributed by atoms with Crippen LogP contribution in [0.1, 0.15) is 15.9 Å². The second-order valence-electron chi connectivity index (χ2n) is 5.83. The Bertz CT molecular complexity index is 1010. The number of rotatable bonds is 7. The van der Waals surface area contributed by atoms with Gasteiger partial charge in [0.05, 0.1) is 11.8 Å². The molecule has 146 valence electrons. The van der Waals surface area contributed by atoms with Crippen molar-refractivity contribution in [2.45, 2.75) is 0 Å². The van der Waals surface area contributed by atoms with E-state index in [9.17, 15) is 9.59 Å². The lowest BCUT2D eigenvalue weighted by Crippen LogP contribution is -2.24. The molecular formula is C22H17BrN2O4. The number of carbonyl (C=O) groups excluding carboxylic acids is 2. The molecule has 3 rings (SSSR count). The van der Waals surface area contributed by atoms with Crippen LogP contribution < -0.4 is 14.9 Å². The monoisotopic (exact) mass is 452 g/mol. The molecule has 29 heavy (non-hydrogen) atoms. The maximum absolute atomic E-state index is 12.3. The van der Waals surface area contributed by atoms with Crippen LogP contribution in [0, 0.1) is 0 Å². The van der Waals surface area contributed by atoms with Gasteiger partial charge in [0.25, 0.3) is 5.91 Å². The Morgan fingerprint density at radius 1 is 0.966 bits per heavy atom. The van der Waals surface area contributed by atoms with Crippen molar-refractivity contribution in [3.63, 3.8) is 0 Å². The Labute approximate surface area is 176 Å². The van der Waals surface area contributed by atoms with E-state index in [1.807, 2.05) is 24.3 Å². The summed E-state index contributed by atoms with van der Waals surface area (Å²) in [4.78, 5) is 24.2. The standard InChI is InChI=1S/C22H17BrN2O4/c23-18-11-12-20(29-22(27)16-7-3-1-4-8-16)17(13-18)14-24-25-21(26)15-28-19-9-5-2-6-10-19/h1-14H,15H2,(H,25,26)/b24-14+. The highest BCUT2D eigenvalue weighted by molar-refractivity contribution is 9.10. The summed E-state index contributed by atoms with van der Waals surface area (Å²) < 4.78 is 11.6. The Hall–Kier alpha value is -3.45. The summed E-state index contributed by atoms with van der Waals surface area (Å²) in [6, 6.07) is 22.8. The number of hydrogen-bond acceptors (Lipinski definition) is 5. The van der Waals surface area contributed by atoms with E-state index < -0.39 is 11.9 Å². The van der Waals surface area contributed by atoms with Crippen molar-refractivity contribution in [1.82, 2.24) is 5.43 Å². The van der Waals surface area contributed by atoms with E-state index in [1.165, 1.54) is 6.21 Å². The Kier molecular flexibility index (Phi) is 7.13. The van der Waals surface area contributed by atoms with Gasteiger partial charge in [0, 0.05) is 10.0 Å². The summed E-state index contributed by atoms with van der Waals surface area (Å²) in [6.45, 7) is -0.171. The van der Waals surface area contributed by atoms with Crippen molar-refractivity contribution in [2.24, 2.45) is 5.10 Å². The third-order valence-electron chi connectivity index (χ3n) is 3.69. The van der Waals surface area contributed by atoms with Crippen LogP contribution in [0.3, 0.4) is 0 Å². The smallest absolute Gasteiger partial charge is 0.343 e. The highest BCUT2D eigenvalue weighted by atomic mass is 79.9. The van der Waals surface area contributed by atoms with E-state index in [4.69, 9.17) is 9.47 Å². The highest BCUT2D eigenvalue weighted by Crippen LogP contribution is 2.23. The first-order valence-electron chi connectivity index (χ1n) is 8.68. The van der Waals surface area contributed by atoms with E-state index in [0.29, 0.717) is 22.6 Å². The van der Waals surface area contributed by atoms with Crippen molar-refractivity contribution < 1.29 is 19.1 Å². The molecule has 0 atom stereocenters. The van der Waals surface area contributed by atoms with E-state index in [-0.39, 0.29) is 6.61 Å². The number of esters is 1. The lowest BCUT2D eigenvalue weighted by molar-refractivity contribution is -0.123. The normalized spacial score (nSPS) is 10.5. The molecule has 0 aliphatic rings. The number of nitrogens with one attached hydrogen (secondary N) is 1. The number of hydrogen-bond donors (Lipinski definition) is 1. The fourth-order valence-corrected chi connectivity index (χ4v) is 2.70. The van der Waals surface area contributed by atoms with Crippen LogP contribution in [0.25, 0.3) is 0 Å². The molecule has 0 aromatic heterocycles. The van der Waals surface area contributed by atoms with Crippen molar-refractivity contribution in [3.8, 4) is 11.5 Å². The van der Waals surface area contributed by atoms with Crippen LogP contribution in [0.2, 0.25) is 0 Å². The van der Waals surface area contributed by atoms with Crippen LogP contribution in [-0.2, 0) is 4.79 Å². The minimum absolute atomic E-state index is 0.171. The summed E-state index contributed by atoms with van der Waals surface area (Å²) >= 11 is 3.37. The molecule has 0 heterocycles. The van der Waals surface area contributed by atoms with Gasteiger partial charge in [-0.15, -0.1) is 0 Å². The summed E-state index contributed by atoms with van der Waals surface area (Å²) in [7, 11) is 0. The molecule has 0 aliphatic carbocycles. The highest BCUT2D eigenvalue weighted by Gasteiger charge is 2.11. The molecule has 0 spiro atoms. The van der Waals surface area contributed by atoms with Gasteiger partial charge in [0.1, 0.15) is 11.5 Å². The minimum atomic E-state index is -0.483. The Morgan fingerprint density at radius 2 is 1.66 bits per heavy atom. The van der Waals surface area contributed by atoms with Gasteiger partial charge < -0.3 is 9.47 Å². The van der Waals surface area contributed by atoms with E-state index in [1.54, 1.807) is 54.6 Å². The van der Waals surface area contributed by atoms with Gasteiger partial charge in [-0.1, -0.05) is 52.3 Å². The number of carbonyl (C=O) groups is 2. The second kappa shape index (κ2) is 10.2. The van der Waals surface area contributed by atoms with Gasteiger partial charge in [-0.3, -0.25) is 4.79 Å². The van der Waals surface area contributed by atoms with E-state index in [2.05, 4.69) is 26.5 Å². The quantitative estimate of drug-likeness (QED) is 0.252. The molecule has 0 saturated carbocycles. The van der Waals surface area contributed by atoms with Crippen LogP contribution in [0.15, 0.2) is 88.4 Å². The first-order valence-corrected chi connectivity index (χ1v) is 9.47. The number of ether oxygens (including phenoxy) is 2. The number of benzene rings is 3. The molecule has 0 bridgehead atoms. The summed E-state index contributed by atoms with van der Waals surface area (Å²) in [6.07, 6.45) is 1.40. The molecule has 0 radical (unpaired) electrons. The molecule has 0 unspecified atom stereocenters. The predicted octanol–water partition coefficient (Wildman–Crippen LogP) is 4.20. The SMILES string of the molecule is O=C(COc1ccccc1)N/N=C/c1cc(Br)ccc1OC(=O)c1ccccc1. The first kappa shape index (κ1) is 20.3. The number of hydrazone groups is 1. The fourth-order valence-electron chi connectivity index (χ4n) is 2.32. The third-order valence-corrected chi connectivity index (χ3v) is 4.18. The van der Waals surface area contributed by atoms with Gasteiger partial charge in [-0.05, 0) is 42.5 Å². The molecule has 0 saturated heterocycles. The average molecular weight is 453 g/mol. The van der Waals surface area contributed by atoms with Crippen molar-refractivity contribution in [3.05, 3.63) is 94.5 Å². The molecule has 1 N–H and O–H groups in total. The molecule has 3 aromatic rings. The van der Waals surface area contributed by atoms with Crippen molar-refractivity contribution in [1.29, 1.82) is 0 Å². The first-order chi connectivity index (χ1) is 14.1.